The Balaban J connectivity index is 2.14. The summed E-state index contributed by atoms with van der Waals surface area (Å²) >= 11 is 0. The lowest BCUT2D eigenvalue weighted by atomic mass is 10.1. The van der Waals surface area contributed by atoms with Gasteiger partial charge in [-0.1, -0.05) is 13.8 Å². The van der Waals surface area contributed by atoms with Crippen molar-refractivity contribution in [2.75, 3.05) is 12.4 Å². The highest BCUT2D eigenvalue weighted by Crippen LogP contribution is 2.23. The average Bonchev–Trinajstić information content (AvgIpc) is 2.53. The fraction of sp³-hybridized carbons (Fsp3) is 0.250. The Morgan fingerprint density at radius 3 is 2.43 bits per heavy atom. The van der Waals surface area contributed by atoms with Gasteiger partial charge in [-0.2, -0.15) is 0 Å². The molecule has 0 saturated heterocycles. The smallest absolute Gasteiger partial charge is 0.161 e. The maximum absolute atomic E-state index is 4.66. The molecule has 0 radical (unpaired) electrons. The van der Waals surface area contributed by atoms with Crippen LogP contribution in [0.1, 0.15) is 25.5 Å². The Morgan fingerprint density at radius 2 is 1.71 bits per heavy atom. The maximum Gasteiger partial charge on any atom is 0.161 e. The molecule has 3 aromatic rings. The molecule has 2 heterocycles. The second kappa shape index (κ2) is 5.44. The van der Waals surface area contributed by atoms with E-state index in [-0.39, 0.29) is 0 Å². The van der Waals surface area contributed by atoms with Gasteiger partial charge < -0.3 is 5.32 Å². The van der Waals surface area contributed by atoms with Crippen molar-refractivity contribution in [3.8, 4) is 11.4 Å². The fourth-order valence-corrected chi connectivity index (χ4v) is 2.12. The van der Waals surface area contributed by atoms with Gasteiger partial charge in [0, 0.05) is 36.8 Å². The third-order valence-electron chi connectivity index (χ3n) is 3.32. The number of hydrogen-bond donors (Lipinski definition) is 1. The van der Waals surface area contributed by atoms with Crippen molar-refractivity contribution >= 4 is 16.9 Å². The third-order valence-corrected chi connectivity index (χ3v) is 3.32. The number of nitrogens with one attached hydrogen (secondary N) is 1. The molecule has 0 bridgehead atoms. The Kier molecular flexibility index (Phi) is 3.48. The molecular weight excluding hydrogens is 262 g/mol. The molecule has 0 aliphatic carbocycles. The van der Waals surface area contributed by atoms with E-state index in [1.807, 2.05) is 31.3 Å². The molecule has 0 fully saturated rings. The molecule has 2 aromatic heterocycles. The van der Waals surface area contributed by atoms with Crippen LogP contribution in [-0.2, 0) is 0 Å². The molecule has 3 rings (SSSR count). The first-order valence-corrected chi connectivity index (χ1v) is 6.95. The number of nitrogens with zero attached hydrogens (tertiary/aromatic N) is 4. The van der Waals surface area contributed by atoms with Gasteiger partial charge in [-0.15, -0.1) is 0 Å². The minimum absolute atomic E-state index is 0.346. The standard InChI is InChI=1S/C16H17N5/c1-10(2)13-9-15(17-3)21-16(20-13)11-4-5-12-14(8-11)19-7-6-18-12/h4-10H,1-3H3,(H,17,20,21). The molecule has 106 valence electrons. The molecule has 0 unspecified atom stereocenters. The lowest BCUT2D eigenvalue weighted by molar-refractivity contribution is 0.817. The number of anilines is 1. The Hall–Kier alpha value is -2.56. The third kappa shape index (κ3) is 2.67. The summed E-state index contributed by atoms with van der Waals surface area (Å²) in [6.45, 7) is 4.24. The van der Waals surface area contributed by atoms with Crippen LogP contribution < -0.4 is 5.32 Å². The number of hydrogen-bond acceptors (Lipinski definition) is 5. The SMILES string of the molecule is CNc1cc(C(C)C)nc(-c2ccc3nccnc3c2)n1. The Morgan fingerprint density at radius 1 is 0.952 bits per heavy atom. The lowest BCUT2D eigenvalue weighted by Gasteiger charge is -2.10. The van der Waals surface area contributed by atoms with Gasteiger partial charge in [-0.3, -0.25) is 9.97 Å². The molecule has 0 saturated carbocycles. The highest BCUT2D eigenvalue weighted by Gasteiger charge is 2.10. The van der Waals surface area contributed by atoms with Gasteiger partial charge in [0.2, 0.25) is 0 Å². The van der Waals surface area contributed by atoms with Crippen molar-refractivity contribution < 1.29 is 0 Å². The second-order valence-corrected chi connectivity index (χ2v) is 5.17. The summed E-state index contributed by atoms with van der Waals surface area (Å²) in [4.78, 5) is 17.8. The van der Waals surface area contributed by atoms with E-state index in [1.165, 1.54) is 0 Å². The van der Waals surface area contributed by atoms with Crippen molar-refractivity contribution in [2.24, 2.45) is 0 Å². The van der Waals surface area contributed by atoms with Crippen LogP contribution in [0.15, 0.2) is 36.7 Å². The van der Waals surface area contributed by atoms with Crippen LogP contribution in [0.3, 0.4) is 0 Å². The zero-order valence-corrected chi connectivity index (χ0v) is 12.3. The van der Waals surface area contributed by atoms with Crippen LogP contribution in [-0.4, -0.2) is 27.0 Å². The molecule has 0 aliphatic rings. The summed E-state index contributed by atoms with van der Waals surface area (Å²) in [5.41, 5.74) is 3.68. The molecule has 5 heteroatoms. The molecule has 1 aromatic carbocycles. The van der Waals surface area contributed by atoms with E-state index in [0.717, 1.165) is 28.1 Å². The largest absolute Gasteiger partial charge is 0.373 e. The van der Waals surface area contributed by atoms with Crippen LogP contribution >= 0.6 is 0 Å². The highest BCUT2D eigenvalue weighted by molar-refractivity contribution is 5.79. The molecule has 0 spiro atoms. The van der Waals surface area contributed by atoms with Gasteiger partial charge in [0.25, 0.3) is 0 Å². The predicted octanol–water partition coefficient (Wildman–Crippen LogP) is 3.25. The molecule has 21 heavy (non-hydrogen) atoms. The van der Waals surface area contributed by atoms with E-state index in [0.29, 0.717) is 11.7 Å². The van der Waals surface area contributed by atoms with Gasteiger partial charge in [0.05, 0.1) is 11.0 Å². The van der Waals surface area contributed by atoms with E-state index in [9.17, 15) is 0 Å². The Labute approximate surface area is 123 Å². The first kappa shape index (κ1) is 13.4. The summed E-state index contributed by atoms with van der Waals surface area (Å²) in [6.07, 6.45) is 3.38. The van der Waals surface area contributed by atoms with Gasteiger partial charge in [-0.25, -0.2) is 9.97 Å². The number of rotatable bonds is 3. The van der Waals surface area contributed by atoms with Crippen LogP contribution in [0.2, 0.25) is 0 Å². The summed E-state index contributed by atoms with van der Waals surface area (Å²) in [7, 11) is 1.86. The monoisotopic (exact) mass is 279 g/mol. The predicted molar refractivity (Wildman–Crippen MR) is 84.2 cm³/mol. The summed E-state index contributed by atoms with van der Waals surface area (Å²) in [5.74, 6) is 1.88. The molecule has 0 aliphatic heterocycles. The van der Waals surface area contributed by atoms with Gasteiger partial charge in [0.15, 0.2) is 5.82 Å². The van der Waals surface area contributed by atoms with E-state index in [2.05, 4.69) is 39.1 Å². The van der Waals surface area contributed by atoms with Crippen molar-refractivity contribution in [3.05, 3.63) is 42.4 Å². The first-order valence-electron chi connectivity index (χ1n) is 6.95. The van der Waals surface area contributed by atoms with Gasteiger partial charge in [-0.05, 0) is 24.1 Å². The van der Waals surface area contributed by atoms with Crippen molar-refractivity contribution in [3.63, 3.8) is 0 Å². The molecule has 0 atom stereocenters. The van der Waals surface area contributed by atoms with Crippen LogP contribution in [0.5, 0.6) is 0 Å². The van der Waals surface area contributed by atoms with Crippen LogP contribution in [0, 0.1) is 0 Å². The van der Waals surface area contributed by atoms with E-state index < -0.39 is 0 Å². The van der Waals surface area contributed by atoms with Crippen LogP contribution in [0.4, 0.5) is 5.82 Å². The minimum Gasteiger partial charge on any atom is -0.373 e. The van der Waals surface area contributed by atoms with E-state index in [4.69, 9.17) is 0 Å². The molecule has 5 nitrogen and oxygen atoms in total. The highest BCUT2D eigenvalue weighted by atomic mass is 15.0. The normalized spacial score (nSPS) is 11.0. The zero-order valence-electron chi connectivity index (χ0n) is 12.3. The maximum atomic E-state index is 4.66. The molecule has 0 amide bonds. The summed E-state index contributed by atoms with van der Waals surface area (Å²) in [6, 6.07) is 7.88. The van der Waals surface area contributed by atoms with E-state index in [1.54, 1.807) is 12.4 Å². The summed E-state index contributed by atoms with van der Waals surface area (Å²) in [5, 5.41) is 3.09. The zero-order chi connectivity index (χ0) is 14.8. The molecule has 1 N–H and O–H groups in total. The van der Waals surface area contributed by atoms with Crippen LogP contribution in [0.25, 0.3) is 22.4 Å². The van der Waals surface area contributed by atoms with Crippen molar-refractivity contribution in [2.45, 2.75) is 19.8 Å². The summed E-state index contributed by atoms with van der Waals surface area (Å²) < 4.78 is 0. The Bertz CT molecular complexity index is 782. The fourth-order valence-electron chi connectivity index (χ4n) is 2.12. The minimum atomic E-state index is 0.346. The van der Waals surface area contributed by atoms with E-state index >= 15 is 0 Å². The van der Waals surface area contributed by atoms with Gasteiger partial charge >= 0.3 is 0 Å². The average molecular weight is 279 g/mol. The number of fused-ring (bicyclic) bond motifs is 1. The topological polar surface area (TPSA) is 63.6 Å². The number of benzene rings is 1. The lowest BCUT2D eigenvalue weighted by Crippen LogP contribution is -2.02. The quantitative estimate of drug-likeness (QED) is 0.797. The van der Waals surface area contributed by atoms with Crippen molar-refractivity contribution in [1.29, 1.82) is 0 Å². The number of aromatic nitrogens is 4. The first-order chi connectivity index (χ1) is 10.2. The van der Waals surface area contributed by atoms with Crippen molar-refractivity contribution in [1.82, 2.24) is 19.9 Å². The second-order valence-electron chi connectivity index (χ2n) is 5.17. The van der Waals surface area contributed by atoms with Gasteiger partial charge in [0.1, 0.15) is 5.82 Å². The molecular formula is C16H17N5.